The Kier molecular flexibility index (Phi) is 41.9. The maximum absolute atomic E-state index is 11.4. The van der Waals surface area contributed by atoms with Gasteiger partial charge in [-0.25, -0.2) is 19.4 Å². The molecule has 0 aliphatic heterocycles. The van der Waals surface area contributed by atoms with Gasteiger partial charge in [-0.05, 0) is 67.1 Å². The third-order valence-electron chi connectivity index (χ3n) is 13.4. The van der Waals surface area contributed by atoms with Crippen molar-refractivity contribution in [3.63, 3.8) is 0 Å². The van der Waals surface area contributed by atoms with Crippen LogP contribution in [0.25, 0.3) is 10.9 Å². The highest BCUT2D eigenvalue weighted by Crippen LogP contribution is 2.19. The van der Waals surface area contributed by atoms with Gasteiger partial charge in [0.1, 0.15) is 18.1 Å². The van der Waals surface area contributed by atoms with E-state index in [9.17, 15) is 47.9 Å². The van der Waals surface area contributed by atoms with E-state index in [2.05, 4.69) is 69.0 Å². The second-order valence-corrected chi connectivity index (χ2v) is 22.5. The zero-order valence-electron chi connectivity index (χ0n) is 57.4. The highest BCUT2D eigenvalue weighted by molar-refractivity contribution is 5.89. The number of carbonyl (C=O) groups is 10. The van der Waals surface area contributed by atoms with E-state index in [4.69, 9.17) is 15.3 Å². The van der Waals surface area contributed by atoms with Crippen LogP contribution in [0.3, 0.4) is 0 Å². The number of aromatic amines is 2. The number of aryl methyl sites for hydroxylation is 1. The number of nitrogens with zero attached hydrogens (tertiary/aromatic N) is 1. The van der Waals surface area contributed by atoms with Crippen molar-refractivity contribution in [2.24, 2.45) is 0 Å². The lowest BCUT2D eigenvalue weighted by Crippen LogP contribution is -2.41. The van der Waals surface area contributed by atoms with Gasteiger partial charge in [-0.3, -0.25) is 33.6 Å². The molecular weight excluding hydrogens is 1260 g/mol. The highest BCUT2D eigenvalue weighted by atomic mass is 16.5. The Morgan fingerprint density at radius 1 is 0.465 bits per heavy atom. The number of aliphatic carboxylic acids is 2. The van der Waals surface area contributed by atoms with E-state index in [0.717, 1.165) is 57.4 Å². The number of hydrogen-bond acceptors (Lipinski definition) is 13. The lowest BCUT2D eigenvalue weighted by atomic mass is 10.0. The number of imidazole rings is 1. The summed E-state index contributed by atoms with van der Waals surface area (Å²) in [5.74, 6) is -3.48. The maximum atomic E-state index is 11.4. The van der Waals surface area contributed by atoms with Crippen LogP contribution in [-0.2, 0) is 97.9 Å². The molecule has 2 aromatic heterocycles. The van der Waals surface area contributed by atoms with Gasteiger partial charge in [-0.1, -0.05) is 165 Å². The van der Waals surface area contributed by atoms with E-state index < -0.39 is 36.0 Å². The molecule has 532 valence electrons. The number of carboxylic acids is 2. The van der Waals surface area contributed by atoms with E-state index in [1.165, 1.54) is 59.6 Å². The summed E-state index contributed by atoms with van der Waals surface area (Å²) in [6, 6.07) is 49.4. The average molecular weight is 1360 g/mol. The monoisotopic (exact) mass is 1360 g/mol. The molecule has 12 N–H and O–H groups in total. The van der Waals surface area contributed by atoms with Crippen LogP contribution in [0, 0.1) is 6.92 Å². The predicted molar refractivity (Wildman–Crippen MR) is 383 cm³/mol. The molecule has 24 nitrogen and oxygen atoms in total. The van der Waals surface area contributed by atoms with Gasteiger partial charge in [-0.2, -0.15) is 0 Å². The minimum atomic E-state index is -1.02. The number of amides is 7. The summed E-state index contributed by atoms with van der Waals surface area (Å²) < 4.78 is 4.63. The van der Waals surface area contributed by atoms with Crippen molar-refractivity contribution in [3.05, 3.63) is 227 Å². The zero-order valence-corrected chi connectivity index (χ0v) is 57.4. The molecular formula is C75H98N10O14. The van der Waals surface area contributed by atoms with Crippen LogP contribution in [0.1, 0.15) is 114 Å². The van der Waals surface area contributed by atoms with Gasteiger partial charge >= 0.3 is 17.9 Å². The average Bonchev–Trinajstić information content (AvgIpc) is 1.70. The Balaban J connectivity index is 0.000000579. The fourth-order valence-corrected chi connectivity index (χ4v) is 9.08. The number of anilines is 1. The predicted octanol–water partition coefficient (Wildman–Crippen LogP) is 8.66. The number of nitrogens with one attached hydrogen (secondary N) is 9. The highest BCUT2D eigenvalue weighted by Gasteiger charge is 2.21. The normalized spacial score (nSPS) is 11.3. The summed E-state index contributed by atoms with van der Waals surface area (Å²) in [5.41, 5.74) is 9.84. The third kappa shape index (κ3) is 39.4. The molecule has 8 rings (SSSR count). The van der Waals surface area contributed by atoms with E-state index in [1.807, 2.05) is 166 Å². The summed E-state index contributed by atoms with van der Waals surface area (Å²) in [7, 11) is 1.31. The smallest absolute Gasteiger partial charge is 0.328 e. The van der Waals surface area contributed by atoms with Gasteiger partial charge in [-0.15, -0.1) is 0 Å². The number of aliphatic hydroxyl groups is 1. The van der Waals surface area contributed by atoms with Crippen molar-refractivity contribution in [1.82, 2.24) is 46.9 Å². The van der Waals surface area contributed by atoms with Crippen molar-refractivity contribution in [3.8, 4) is 0 Å². The molecule has 2 heterocycles. The van der Waals surface area contributed by atoms with Crippen molar-refractivity contribution < 1.29 is 68.0 Å². The number of hydrogen-bond donors (Lipinski definition) is 12. The number of carbonyl (C=O) groups excluding carboxylic acids is 8. The first-order valence-corrected chi connectivity index (χ1v) is 31.4. The lowest BCUT2D eigenvalue weighted by Gasteiger charge is -2.15. The Bertz CT molecular complexity index is 3700. The summed E-state index contributed by atoms with van der Waals surface area (Å²) in [5, 5.41) is 46.3. The molecule has 0 saturated carbocycles. The van der Waals surface area contributed by atoms with Crippen LogP contribution in [-0.4, -0.2) is 127 Å². The molecule has 5 unspecified atom stereocenters. The van der Waals surface area contributed by atoms with Crippen LogP contribution in [0.4, 0.5) is 5.69 Å². The molecule has 0 aliphatic rings. The second kappa shape index (κ2) is 48.4. The molecule has 0 aliphatic carbocycles. The quantitative estimate of drug-likeness (QED) is 0.0282. The SMILES string of the molecule is C.CC(=O)NC(C)Cc1c[nH]c2ccccc12.CC(=O)NC(C)Cc1cnc[nH]1.CC(=O)NC(Cc1ccc(C)cc1)C(=O)O.CC(=O)NC(Cc1ccccc1)C(=O)O.CC(=O)NCc1ccccc1.CC(=O)Nc1ccccc1CO.COC(=O)C(Cc1ccccc1)NC(C)=O. The lowest BCUT2D eigenvalue weighted by molar-refractivity contribution is -0.144. The first-order valence-electron chi connectivity index (χ1n) is 31.4. The molecule has 0 bridgehead atoms. The number of ether oxygens (including phenoxy) is 1. The molecule has 99 heavy (non-hydrogen) atoms. The van der Waals surface area contributed by atoms with Crippen molar-refractivity contribution >= 4 is 75.8 Å². The Morgan fingerprint density at radius 3 is 1.32 bits per heavy atom. The van der Waals surface area contributed by atoms with Crippen LogP contribution in [0.15, 0.2) is 183 Å². The summed E-state index contributed by atoms with van der Waals surface area (Å²) in [6.07, 6.45) is 8.10. The van der Waals surface area contributed by atoms with Gasteiger partial charge in [0.2, 0.25) is 41.4 Å². The number of methoxy groups -OCH3 is 1. The topological polar surface area (TPSA) is 369 Å². The van der Waals surface area contributed by atoms with Gasteiger partial charge in [0.15, 0.2) is 0 Å². The number of rotatable bonds is 22. The van der Waals surface area contributed by atoms with Crippen molar-refractivity contribution in [1.29, 1.82) is 0 Å². The fraction of sp³-hybridized carbons (Fsp3) is 0.320. The number of benzene rings is 6. The van der Waals surface area contributed by atoms with E-state index in [1.54, 1.807) is 31.6 Å². The number of para-hydroxylation sites is 2. The molecule has 5 atom stereocenters. The Hall–Kier alpha value is -11.3. The zero-order chi connectivity index (χ0) is 73.0. The first kappa shape index (κ1) is 85.7. The Morgan fingerprint density at radius 2 is 0.889 bits per heavy atom. The van der Waals surface area contributed by atoms with Crippen LogP contribution in [0.5, 0.6) is 0 Å². The summed E-state index contributed by atoms with van der Waals surface area (Å²) >= 11 is 0. The van der Waals surface area contributed by atoms with Crippen molar-refractivity contribution in [2.45, 2.75) is 152 Å². The number of aromatic nitrogens is 3. The van der Waals surface area contributed by atoms with E-state index in [0.29, 0.717) is 31.5 Å². The molecule has 0 saturated heterocycles. The first-order chi connectivity index (χ1) is 46.6. The van der Waals surface area contributed by atoms with Gasteiger partial charge in [0.05, 0.1) is 20.0 Å². The van der Waals surface area contributed by atoms with Crippen molar-refractivity contribution in [2.75, 3.05) is 12.4 Å². The maximum Gasteiger partial charge on any atom is 0.328 e. The van der Waals surface area contributed by atoms with Gasteiger partial charge in [0.25, 0.3) is 0 Å². The second-order valence-electron chi connectivity index (χ2n) is 22.5. The molecule has 24 heteroatoms. The molecule has 0 spiro atoms. The molecule has 0 fully saturated rings. The largest absolute Gasteiger partial charge is 0.480 e. The van der Waals surface area contributed by atoms with Crippen LogP contribution in [0.2, 0.25) is 0 Å². The minimum absolute atomic E-state index is 0. The standard InChI is InChI=1S/C13H16N2O.2C12H15NO3.C11H13NO3.C9H11NO2.C9H11NO.C8H13N3O.CH4/c1-9(15-10(2)16)7-11-8-14-13-6-4-3-5-12(11)13;1-8-3-5-10(6-4-8)7-11(12(15)16)13-9(2)14;1-9(14)13-11(12(15)16-2)8-10-6-4-3-5-7-10;1-8(13)12-10(11(14)15)7-9-5-3-2-4-6-9;1-7(12)10-9-5-3-2-4-8(9)6-11;1-8(11)10-7-9-5-3-2-4-6-9;1-6(11-7(2)12)3-8-4-9-5-10-8;/h3-6,8-9,14H,7H2,1-2H3,(H,15,16);3-6,11H,7H2,1-2H3,(H,13,14)(H,15,16);3-7,11H,8H2,1-2H3,(H,13,14);2-6,10H,7H2,1H3,(H,12,13)(H,14,15);2-5,11H,6H2,1H3,(H,10,12);2-6H,7H2,1H3,(H,10,11);4-6H,3H2,1-2H3,(H,9,10)(H,11,12);1H4. The number of H-pyrrole nitrogens is 2. The van der Waals surface area contributed by atoms with Crippen LogP contribution >= 0.6 is 0 Å². The number of carboxylic acid groups (broad SMARTS) is 2. The molecule has 8 aromatic rings. The van der Waals surface area contributed by atoms with E-state index >= 15 is 0 Å². The molecule has 0 radical (unpaired) electrons. The fourth-order valence-electron chi connectivity index (χ4n) is 9.08. The number of aliphatic hydroxyl groups excluding tert-OH is 1. The minimum Gasteiger partial charge on any atom is -0.480 e. The summed E-state index contributed by atoms with van der Waals surface area (Å²) in [6.45, 7) is 16.5. The Labute approximate surface area is 580 Å². The van der Waals surface area contributed by atoms with E-state index in [-0.39, 0.29) is 67.5 Å². The summed E-state index contributed by atoms with van der Waals surface area (Å²) in [4.78, 5) is 119. The molecule has 6 aromatic carbocycles. The van der Waals surface area contributed by atoms with Crippen LogP contribution < -0.4 is 37.2 Å². The molecule has 7 amide bonds. The number of esters is 1. The number of fused-ring (bicyclic) bond motifs is 1. The van der Waals surface area contributed by atoms with Gasteiger partial charge < -0.3 is 67.2 Å². The van der Waals surface area contributed by atoms with Gasteiger partial charge in [0, 0.05) is 133 Å². The third-order valence-corrected chi connectivity index (χ3v) is 13.4.